The van der Waals surface area contributed by atoms with E-state index >= 15 is 0 Å². The van der Waals surface area contributed by atoms with Crippen molar-refractivity contribution in [3.63, 3.8) is 0 Å². The Balaban J connectivity index is 1.76. The van der Waals surface area contributed by atoms with E-state index in [1.54, 1.807) is 30.5 Å². The third kappa shape index (κ3) is 5.20. The normalized spacial score (nSPS) is 10.2. The first kappa shape index (κ1) is 20.5. The van der Waals surface area contributed by atoms with Gasteiger partial charge >= 0.3 is 0 Å². The highest BCUT2D eigenvalue weighted by Crippen LogP contribution is 2.26. The van der Waals surface area contributed by atoms with Gasteiger partial charge in [-0.1, -0.05) is 30.8 Å². The van der Waals surface area contributed by atoms with Crippen molar-refractivity contribution < 1.29 is 9.59 Å². The fourth-order valence-corrected chi connectivity index (χ4v) is 2.68. The van der Waals surface area contributed by atoms with Gasteiger partial charge in [-0.05, 0) is 42.8 Å². The standard InChI is InChI=1S/C22H22N6O2/c1-3-19(29)26-17-9-4-5-10-18(17)27-21-14(2)12-24-22(28-21)25-13-15-7-6-8-16(11-15)20(23)30/h3-12H,1,13H2,2H3,(H2,23,30)(H,26,29)(H2,24,25,27,28). The van der Waals surface area contributed by atoms with Crippen LogP contribution in [0.15, 0.2) is 67.4 Å². The number of amides is 2. The number of carbonyl (C=O) groups excluding carboxylic acids is 2. The van der Waals surface area contributed by atoms with Crippen LogP contribution in [-0.4, -0.2) is 21.8 Å². The molecule has 0 saturated heterocycles. The van der Waals surface area contributed by atoms with Crippen LogP contribution in [0.4, 0.5) is 23.1 Å². The molecule has 152 valence electrons. The fraction of sp³-hybridized carbons (Fsp3) is 0.0909. The van der Waals surface area contributed by atoms with Crippen LogP contribution >= 0.6 is 0 Å². The molecule has 0 unspecified atom stereocenters. The second kappa shape index (κ2) is 9.33. The first-order valence-electron chi connectivity index (χ1n) is 9.22. The number of carbonyl (C=O) groups is 2. The van der Waals surface area contributed by atoms with Crippen molar-refractivity contribution >= 4 is 35.0 Å². The fourth-order valence-electron chi connectivity index (χ4n) is 2.68. The van der Waals surface area contributed by atoms with Crippen LogP contribution in [0.5, 0.6) is 0 Å². The Bertz CT molecular complexity index is 1100. The first-order chi connectivity index (χ1) is 14.5. The maximum atomic E-state index is 11.7. The van der Waals surface area contributed by atoms with Gasteiger partial charge in [-0.15, -0.1) is 0 Å². The summed E-state index contributed by atoms with van der Waals surface area (Å²) in [5.41, 5.74) is 8.78. The summed E-state index contributed by atoms with van der Waals surface area (Å²) in [4.78, 5) is 31.8. The molecular weight excluding hydrogens is 380 g/mol. The van der Waals surface area contributed by atoms with E-state index in [4.69, 9.17) is 5.73 Å². The first-order valence-corrected chi connectivity index (χ1v) is 9.22. The van der Waals surface area contributed by atoms with Crippen molar-refractivity contribution in [3.05, 3.63) is 84.1 Å². The van der Waals surface area contributed by atoms with Crippen LogP contribution in [0.2, 0.25) is 0 Å². The zero-order chi connectivity index (χ0) is 21.5. The SMILES string of the molecule is C=CC(=O)Nc1ccccc1Nc1nc(NCc2cccc(C(N)=O)c2)ncc1C. The van der Waals surface area contributed by atoms with Crippen LogP contribution in [0.1, 0.15) is 21.5 Å². The van der Waals surface area contributed by atoms with Gasteiger partial charge in [0.15, 0.2) is 0 Å². The molecule has 2 aromatic carbocycles. The molecule has 0 bridgehead atoms. The van der Waals surface area contributed by atoms with Gasteiger partial charge in [0.2, 0.25) is 17.8 Å². The molecule has 0 aliphatic carbocycles. The van der Waals surface area contributed by atoms with Gasteiger partial charge in [-0.25, -0.2) is 4.98 Å². The second-order valence-corrected chi connectivity index (χ2v) is 6.51. The Morgan fingerprint density at radius 2 is 1.90 bits per heavy atom. The monoisotopic (exact) mass is 402 g/mol. The summed E-state index contributed by atoms with van der Waals surface area (Å²) in [5, 5.41) is 9.13. The van der Waals surface area contributed by atoms with E-state index in [0.29, 0.717) is 35.2 Å². The minimum absolute atomic E-state index is 0.302. The van der Waals surface area contributed by atoms with E-state index < -0.39 is 5.91 Å². The number of nitrogens with one attached hydrogen (secondary N) is 3. The van der Waals surface area contributed by atoms with Gasteiger partial charge < -0.3 is 21.7 Å². The largest absolute Gasteiger partial charge is 0.366 e. The quantitative estimate of drug-likeness (QED) is 0.429. The predicted molar refractivity (Wildman–Crippen MR) is 118 cm³/mol. The maximum absolute atomic E-state index is 11.7. The molecule has 0 aliphatic rings. The number of hydrogen-bond donors (Lipinski definition) is 4. The molecule has 1 aromatic heterocycles. The number of anilines is 4. The summed E-state index contributed by atoms with van der Waals surface area (Å²) in [6.45, 7) is 5.78. The van der Waals surface area contributed by atoms with Crippen molar-refractivity contribution in [3.8, 4) is 0 Å². The summed E-state index contributed by atoms with van der Waals surface area (Å²) < 4.78 is 0. The van der Waals surface area contributed by atoms with Crippen LogP contribution in [0.25, 0.3) is 0 Å². The third-order valence-corrected chi connectivity index (χ3v) is 4.26. The Morgan fingerprint density at radius 1 is 1.13 bits per heavy atom. The van der Waals surface area contributed by atoms with Crippen LogP contribution in [-0.2, 0) is 11.3 Å². The average molecular weight is 402 g/mol. The van der Waals surface area contributed by atoms with E-state index in [0.717, 1.165) is 11.1 Å². The van der Waals surface area contributed by atoms with Crippen molar-refractivity contribution in [2.24, 2.45) is 5.73 Å². The molecule has 8 heteroatoms. The van der Waals surface area contributed by atoms with Crippen molar-refractivity contribution in [2.75, 3.05) is 16.0 Å². The Morgan fingerprint density at radius 3 is 2.63 bits per heavy atom. The lowest BCUT2D eigenvalue weighted by Gasteiger charge is -2.14. The lowest BCUT2D eigenvalue weighted by Crippen LogP contribution is -2.12. The Labute approximate surface area is 174 Å². The van der Waals surface area contributed by atoms with Gasteiger partial charge in [-0.2, -0.15) is 4.98 Å². The number of rotatable bonds is 8. The van der Waals surface area contributed by atoms with Gasteiger partial charge in [-0.3, -0.25) is 9.59 Å². The number of benzene rings is 2. The average Bonchev–Trinajstić information content (AvgIpc) is 2.75. The maximum Gasteiger partial charge on any atom is 0.248 e. The number of nitrogens with zero attached hydrogens (tertiary/aromatic N) is 2. The van der Waals surface area contributed by atoms with Crippen molar-refractivity contribution in [2.45, 2.75) is 13.5 Å². The zero-order valence-corrected chi connectivity index (χ0v) is 16.5. The number of para-hydroxylation sites is 2. The number of aryl methyl sites for hydroxylation is 1. The topological polar surface area (TPSA) is 122 Å². The van der Waals surface area contributed by atoms with Gasteiger partial charge in [0.05, 0.1) is 11.4 Å². The van der Waals surface area contributed by atoms with Crippen molar-refractivity contribution in [1.29, 1.82) is 0 Å². The highest BCUT2D eigenvalue weighted by Gasteiger charge is 2.09. The van der Waals surface area contributed by atoms with E-state index in [-0.39, 0.29) is 5.91 Å². The van der Waals surface area contributed by atoms with Gasteiger partial charge in [0, 0.05) is 23.9 Å². The second-order valence-electron chi connectivity index (χ2n) is 6.51. The Kier molecular flexibility index (Phi) is 6.39. The molecule has 0 aliphatic heterocycles. The van der Waals surface area contributed by atoms with Crippen LogP contribution in [0.3, 0.4) is 0 Å². The van der Waals surface area contributed by atoms with E-state index in [1.807, 2.05) is 31.2 Å². The van der Waals surface area contributed by atoms with E-state index in [2.05, 4.69) is 32.5 Å². The summed E-state index contributed by atoms with van der Waals surface area (Å²) >= 11 is 0. The molecule has 0 fully saturated rings. The zero-order valence-electron chi connectivity index (χ0n) is 16.5. The molecule has 3 rings (SSSR count). The lowest BCUT2D eigenvalue weighted by molar-refractivity contribution is -0.111. The molecule has 8 nitrogen and oxygen atoms in total. The molecule has 0 radical (unpaired) electrons. The number of primary amides is 1. The highest BCUT2D eigenvalue weighted by molar-refractivity contribution is 6.01. The Hall–Kier alpha value is -4.20. The van der Waals surface area contributed by atoms with E-state index in [1.165, 1.54) is 6.08 Å². The minimum atomic E-state index is -0.475. The van der Waals surface area contributed by atoms with Crippen LogP contribution < -0.4 is 21.7 Å². The molecule has 1 heterocycles. The minimum Gasteiger partial charge on any atom is -0.366 e. The molecular formula is C22H22N6O2. The van der Waals surface area contributed by atoms with E-state index in [9.17, 15) is 9.59 Å². The highest BCUT2D eigenvalue weighted by atomic mass is 16.1. The van der Waals surface area contributed by atoms with Gasteiger partial charge in [0.25, 0.3) is 0 Å². The molecule has 2 amide bonds. The summed E-state index contributed by atoms with van der Waals surface area (Å²) in [5.74, 6) is 0.236. The smallest absolute Gasteiger partial charge is 0.248 e. The lowest BCUT2D eigenvalue weighted by atomic mass is 10.1. The number of nitrogens with two attached hydrogens (primary N) is 1. The summed E-state index contributed by atoms with van der Waals surface area (Å²) in [7, 11) is 0. The molecule has 0 spiro atoms. The predicted octanol–water partition coefficient (Wildman–Crippen LogP) is 3.36. The van der Waals surface area contributed by atoms with Crippen molar-refractivity contribution in [1.82, 2.24) is 9.97 Å². The molecule has 30 heavy (non-hydrogen) atoms. The molecule has 3 aromatic rings. The number of aromatic nitrogens is 2. The van der Waals surface area contributed by atoms with Gasteiger partial charge in [0.1, 0.15) is 5.82 Å². The molecule has 0 saturated carbocycles. The molecule has 5 N–H and O–H groups in total. The number of hydrogen-bond acceptors (Lipinski definition) is 6. The molecule has 0 atom stereocenters. The van der Waals surface area contributed by atoms with Crippen LogP contribution in [0, 0.1) is 6.92 Å². The third-order valence-electron chi connectivity index (χ3n) is 4.26. The summed E-state index contributed by atoms with van der Waals surface area (Å²) in [6.07, 6.45) is 2.91. The summed E-state index contributed by atoms with van der Waals surface area (Å²) in [6, 6.07) is 14.3.